The van der Waals surface area contributed by atoms with Crippen LogP contribution in [0, 0.1) is 0 Å². The van der Waals surface area contributed by atoms with Crippen LogP contribution in [0.1, 0.15) is 51.0 Å². The van der Waals surface area contributed by atoms with Crippen molar-refractivity contribution in [1.29, 1.82) is 0 Å². The Hall–Kier alpha value is -1.28. The summed E-state index contributed by atoms with van der Waals surface area (Å²) in [7, 11) is 1.75. The maximum atomic E-state index is 5.50. The molecule has 0 amide bonds. The van der Waals surface area contributed by atoms with Gasteiger partial charge in [0.1, 0.15) is 5.75 Å². The second kappa shape index (κ2) is 8.89. The molecule has 2 rings (SSSR count). The molecule has 1 aromatic carbocycles. The summed E-state index contributed by atoms with van der Waals surface area (Å²) in [6.45, 7) is 2.27. The van der Waals surface area contributed by atoms with Gasteiger partial charge >= 0.3 is 0 Å². The Morgan fingerprint density at radius 1 is 1.00 bits per heavy atom. The molecule has 0 radical (unpaired) electrons. The van der Waals surface area contributed by atoms with Gasteiger partial charge in [-0.3, -0.25) is 0 Å². The maximum Gasteiger partial charge on any atom is 0.127 e. The molecule has 0 saturated carbocycles. The van der Waals surface area contributed by atoms with Crippen LogP contribution in [0.5, 0.6) is 5.75 Å². The van der Waals surface area contributed by atoms with E-state index >= 15 is 0 Å². The highest BCUT2D eigenvalue weighted by atomic mass is 32.1. The van der Waals surface area contributed by atoms with Crippen LogP contribution in [0.3, 0.4) is 0 Å². The van der Waals surface area contributed by atoms with E-state index in [0.717, 1.165) is 5.75 Å². The molecule has 0 aliphatic rings. The fourth-order valence-corrected chi connectivity index (χ4v) is 3.39. The minimum atomic E-state index is 0.976. The Bertz CT molecular complexity index is 516. The van der Waals surface area contributed by atoms with E-state index in [-0.39, 0.29) is 0 Å². The number of ether oxygens (including phenoxy) is 1. The topological polar surface area (TPSA) is 9.23 Å². The quantitative estimate of drug-likeness (QED) is 0.492. The van der Waals surface area contributed by atoms with Crippen molar-refractivity contribution in [3.8, 4) is 16.2 Å². The van der Waals surface area contributed by atoms with Gasteiger partial charge in [0.15, 0.2) is 0 Å². The summed E-state index contributed by atoms with van der Waals surface area (Å²) in [6, 6.07) is 10.9. The lowest BCUT2D eigenvalue weighted by atomic mass is 10.0. The largest absolute Gasteiger partial charge is 0.496 e. The zero-order chi connectivity index (χ0) is 14.9. The number of thiophene rings is 1. The van der Waals surface area contributed by atoms with Gasteiger partial charge in [-0.25, -0.2) is 0 Å². The van der Waals surface area contributed by atoms with Crippen molar-refractivity contribution in [2.75, 3.05) is 7.11 Å². The molecule has 1 heterocycles. The molecule has 0 unspecified atom stereocenters. The summed E-state index contributed by atoms with van der Waals surface area (Å²) in [5, 5.41) is 2.12. The van der Waals surface area contributed by atoms with Gasteiger partial charge in [0.05, 0.1) is 7.11 Å². The van der Waals surface area contributed by atoms with Gasteiger partial charge in [0.25, 0.3) is 0 Å². The zero-order valence-corrected chi connectivity index (χ0v) is 14.0. The Morgan fingerprint density at radius 2 is 1.81 bits per heavy atom. The van der Waals surface area contributed by atoms with Crippen LogP contribution in [-0.4, -0.2) is 7.11 Å². The van der Waals surface area contributed by atoms with E-state index < -0.39 is 0 Å². The third kappa shape index (κ3) is 4.89. The molecule has 0 fully saturated rings. The van der Waals surface area contributed by atoms with Crippen molar-refractivity contribution >= 4 is 11.3 Å². The van der Waals surface area contributed by atoms with Crippen LogP contribution in [0.15, 0.2) is 35.7 Å². The summed E-state index contributed by atoms with van der Waals surface area (Å²) in [5.74, 6) is 0.976. The van der Waals surface area contributed by atoms with Gasteiger partial charge in [-0.15, -0.1) is 11.3 Å². The molecule has 0 aliphatic carbocycles. The molecule has 114 valence electrons. The summed E-state index contributed by atoms with van der Waals surface area (Å²) in [6.07, 6.45) is 9.28. The first-order valence-electron chi connectivity index (χ1n) is 8.06. The number of rotatable bonds is 9. The van der Waals surface area contributed by atoms with Crippen molar-refractivity contribution in [1.82, 2.24) is 0 Å². The van der Waals surface area contributed by atoms with Crippen LogP contribution < -0.4 is 4.74 Å². The summed E-state index contributed by atoms with van der Waals surface area (Å²) < 4.78 is 5.50. The van der Waals surface area contributed by atoms with E-state index in [1.165, 1.54) is 60.9 Å². The molecule has 0 spiro atoms. The minimum absolute atomic E-state index is 0.976. The molecule has 21 heavy (non-hydrogen) atoms. The lowest BCUT2D eigenvalue weighted by molar-refractivity contribution is 0.416. The Labute approximate surface area is 133 Å². The van der Waals surface area contributed by atoms with Crippen molar-refractivity contribution in [2.24, 2.45) is 0 Å². The first-order chi connectivity index (χ1) is 10.3. The summed E-state index contributed by atoms with van der Waals surface area (Å²) in [4.78, 5) is 1.29. The predicted molar refractivity (Wildman–Crippen MR) is 93.4 cm³/mol. The van der Waals surface area contributed by atoms with E-state index in [0.29, 0.717) is 0 Å². The Kier molecular flexibility index (Phi) is 6.81. The lowest BCUT2D eigenvalue weighted by Gasteiger charge is -2.10. The van der Waals surface area contributed by atoms with Gasteiger partial charge < -0.3 is 4.74 Å². The monoisotopic (exact) mass is 302 g/mol. The highest BCUT2D eigenvalue weighted by Crippen LogP contribution is 2.34. The Balaban J connectivity index is 1.94. The van der Waals surface area contributed by atoms with Crippen molar-refractivity contribution in [3.05, 3.63) is 41.3 Å². The van der Waals surface area contributed by atoms with Gasteiger partial charge in [0.2, 0.25) is 0 Å². The molecular weight excluding hydrogens is 276 g/mol. The molecule has 1 aromatic heterocycles. The molecule has 0 aliphatic heterocycles. The number of benzene rings is 1. The van der Waals surface area contributed by atoms with Gasteiger partial charge in [-0.1, -0.05) is 51.2 Å². The standard InChI is InChI=1S/C19H26OS/c1-3-4-5-6-7-8-10-16-12-13-18(20-2)17(15-16)19-11-9-14-21-19/h9,11-15H,3-8,10H2,1-2H3. The zero-order valence-electron chi connectivity index (χ0n) is 13.2. The highest BCUT2D eigenvalue weighted by molar-refractivity contribution is 7.13. The lowest BCUT2D eigenvalue weighted by Crippen LogP contribution is -1.91. The van der Waals surface area contributed by atoms with Crippen LogP contribution in [0.2, 0.25) is 0 Å². The van der Waals surface area contributed by atoms with E-state index in [9.17, 15) is 0 Å². The number of unbranched alkanes of at least 4 members (excludes halogenated alkanes) is 5. The van der Waals surface area contributed by atoms with Gasteiger partial charge in [-0.2, -0.15) is 0 Å². The van der Waals surface area contributed by atoms with E-state index in [2.05, 4.69) is 42.6 Å². The molecular formula is C19H26OS. The average Bonchev–Trinajstić information content (AvgIpc) is 3.05. The minimum Gasteiger partial charge on any atom is -0.496 e. The summed E-state index contributed by atoms with van der Waals surface area (Å²) >= 11 is 1.77. The van der Waals surface area contributed by atoms with Crippen molar-refractivity contribution in [3.63, 3.8) is 0 Å². The molecule has 2 heteroatoms. The third-order valence-corrected chi connectivity index (χ3v) is 4.77. The van der Waals surface area contributed by atoms with Gasteiger partial charge in [0, 0.05) is 10.4 Å². The molecule has 0 saturated heterocycles. The molecule has 0 bridgehead atoms. The first-order valence-corrected chi connectivity index (χ1v) is 8.94. The number of methoxy groups -OCH3 is 1. The molecule has 1 nitrogen and oxygen atoms in total. The van der Waals surface area contributed by atoms with E-state index in [4.69, 9.17) is 4.74 Å². The number of aryl methyl sites for hydroxylation is 1. The van der Waals surface area contributed by atoms with Crippen LogP contribution in [0.25, 0.3) is 10.4 Å². The second-order valence-electron chi connectivity index (χ2n) is 5.53. The third-order valence-electron chi connectivity index (χ3n) is 3.87. The van der Waals surface area contributed by atoms with E-state index in [1.807, 2.05) is 0 Å². The Morgan fingerprint density at radius 3 is 2.52 bits per heavy atom. The van der Waals surface area contributed by atoms with Crippen molar-refractivity contribution in [2.45, 2.75) is 51.9 Å². The summed E-state index contributed by atoms with van der Waals surface area (Å²) in [5.41, 5.74) is 2.66. The van der Waals surface area contributed by atoms with Crippen LogP contribution in [-0.2, 0) is 6.42 Å². The molecule has 0 atom stereocenters. The SMILES string of the molecule is CCCCCCCCc1ccc(OC)c(-c2cccs2)c1. The van der Waals surface area contributed by atoms with Crippen LogP contribution in [0.4, 0.5) is 0 Å². The fourth-order valence-electron chi connectivity index (χ4n) is 2.64. The molecule has 0 N–H and O–H groups in total. The second-order valence-corrected chi connectivity index (χ2v) is 6.48. The average molecular weight is 302 g/mol. The highest BCUT2D eigenvalue weighted by Gasteiger charge is 2.08. The fraction of sp³-hybridized carbons (Fsp3) is 0.474. The van der Waals surface area contributed by atoms with Crippen LogP contribution >= 0.6 is 11.3 Å². The maximum absolute atomic E-state index is 5.50. The van der Waals surface area contributed by atoms with Crippen molar-refractivity contribution < 1.29 is 4.74 Å². The predicted octanol–water partition coefficient (Wildman–Crippen LogP) is 6.33. The number of hydrogen-bond acceptors (Lipinski definition) is 2. The van der Waals surface area contributed by atoms with Gasteiger partial charge in [-0.05, 0) is 42.0 Å². The normalized spacial score (nSPS) is 10.8. The first kappa shape index (κ1) is 16.1. The number of hydrogen-bond donors (Lipinski definition) is 0. The smallest absolute Gasteiger partial charge is 0.127 e. The van der Waals surface area contributed by atoms with E-state index in [1.54, 1.807) is 18.4 Å². The molecule has 2 aromatic rings.